The highest BCUT2D eigenvalue weighted by molar-refractivity contribution is 6.20. The highest BCUT2D eigenvalue weighted by Gasteiger charge is 2.08. The van der Waals surface area contributed by atoms with Crippen molar-refractivity contribution in [2.24, 2.45) is 0 Å². The summed E-state index contributed by atoms with van der Waals surface area (Å²) in [6.45, 7) is 4.60. The van der Waals surface area contributed by atoms with Crippen LogP contribution in [0.3, 0.4) is 0 Å². The van der Waals surface area contributed by atoms with Crippen molar-refractivity contribution in [3.05, 3.63) is 35.4 Å². The molecule has 0 aliphatic heterocycles. The van der Waals surface area contributed by atoms with E-state index in [0.29, 0.717) is 6.54 Å². The second kappa shape index (κ2) is 6.54. The van der Waals surface area contributed by atoms with E-state index in [1.165, 1.54) is 0 Å². The molecule has 0 saturated heterocycles. The van der Waals surface area contributed by atoms with E-state index >= 15 is 0 Å². The molecule has 1 aromatic rings. The van der Waals surface area contributed by atoms with E-state index < -0.39 is 0 Å². The number of benzene rings is 1. The molecule has 0 radical (unpaired) electrons. The van der Waals surface area contributed by atoms with Crippen LogP contribution in [-0.2, 0) is 6.42 Å². The molecular weight excluding hydrogens is 222 g/mol. The molecule has 0 spiro atoms. The van der Waals surface area contributed by atoms with E-state index in [9.17, 15) is 4.79 Å². The lowest BCUT2D eigenvalue weighted by Gasteiger charge is -2.09. The van der Waals surface area contributed by atoms with Crippen LogP contribution in [0.2, 0.25) is 0 Å². The first-order chi connectivity index (χ1) is 7.65. The lowest BCUT2D eigenvalue weighted by molar-refractivity contribution is 0.0952. The molecule has 0 fully saturated rings. The van der Waals surface area contributed by atoms with Crippen molar-refractivity contribution in [2.75, 3.05) is 6.54 Å². The number of nitrogens with one attached hydrogen (secondary N) is 1. The highest BCUT2D eigenvalue weighted by Crippen LogP contribution is 2.09. The second-order valence-corrected chi connectivity index (χ2v) is 4.58. The van der Waals surface area contributed by atoms with Gasteiger partial charge in [0.1, 0.15) is 0 Å². The largest absolute Gasteiger partial charge is 0.352 e. The van der Waals surface area contributed by atoms with Crippen LogP contribution < -0.4 is 5.32 Å². The Morgan fingerprint density at radius 1 is 1.44 bits per heavy atom. The van der Waals surface area contributed by atoms with Gasteiger partial charge in [-0.25, -0.2) is 0 Å². The van der Waals surface area contributed by atoms with Gasteiger partial charge >= 0.3 is 0 Å². The third-order valence-electron chi connectivity index (χ3n) is 2.47. The number of hydrogen-bond acceptors (Lipinski definition) is 1. The van der Waals surface area contributed by atoms with Gasteiger partial charge in [-0.2, -0.15) is 0 Å². The number of aryl methyl sites for hydroxylation is 1. The van der Waals surface area contributed by atoms with Gasteiger partial charge in [-0.15, -0.1) is 11.6 Å². The minimum atomic E-state index is -0.00485. The first-order valence-electron chi connectivity index (χ1n) is 5.65. The molecule has 0 saturated carbocycles. The van der Waals surface area contributed by atoms with Gasteiger partial charge in [0.2, 0.25) is 0 Å². The van der Waals surface area contributed by atoms with E-state index in [0.717, 1.165) is 24.0 Å². The van der Waals surface area contributed by atoms with Gasteiger partial charge < -0.3 is 5.32 Å². The zero-order valence-corrected chi connectivity index (χ0v) is 10.6. The smallest absolute Gasteiger partial charge is 0.251 e. The zero-order chi connectivity index (χ0) is 12.0. The molecular formula is C13H18ClNO. The standard InChI is InChI=1S/C13H18ClNO/c1-3-11-6-4-5-7-12(11)13(16)15-9-8-10(2)14/h4-7,10H,3,8-9H2,1-2H3,(H,15,16). The summed E-state index contributed by atoms with van der Waals surface area (Å²) in [5.41, 5.74) is 1.85. The number of carbonyl (C=O) groups is 1. The fourth-order valence-electron chi connectivity index (χ4n) is 1.53. The summed E-state index contributed by atoms with van der Waals surface area (Å²) in [7, 11) is 0. The molecule has 1 rings (SSSR count). The van der Waals surface area contributed by atoms with E-state index in [1.807, 2.05) is 38.1 Å². The summed E-state index contributed by atoms with van der Waals surface area (Å²) in [5, 5.41) is 2.98. The molecule has 3 heteroatoms. The summed E-state index contributed by atoms with van der Waals surface area (Å²) >= 11 is 5.81. The van der Waals surface area contributed by atoms with Gasteiger partial charge in [0.15, 0.2) is 0 Å². The Hall–Kier alpha value is -1.02. The molecule has 2 nitrogen and oxygen atoms in total. The minimum absolute atomic E-state index is 0.00485. The van der Waals surface area contributed by atoms with Crippen molar-refractivity contribution in [3.8, 4) is 0 Å². The molecule has 1 unspecified atom stereocenters. The highest BCUT2D eigenvalue weighted by atomic mass is 35.5. The summed E-state index contributed by atoms with van der Waals surface area (Å²) in [6, 6.07) is 7.69. The number of alkyl halides is 1. The van der Waals surface area contributed by atoms with Gasteiger partial charge in [-0.1, -0.05) is 25.1 Å². The van der Waals surface area contributed by atoms with Crippen molar-refractivity contribution in [1.82, 2.24) is 5.32 Å². The zero-order valence-electron chi connectivity index (χ0n) is 9.79. The van der Waals surface area contributed by atoms with E-state index in [4.69, 9.17) is 11.6 Å². The number of rotatable bonds is 5. The van der Waals surface area contributed by atoms with Crippen LogP contribution in [0.4, 0.5) is 0 Å². The second-order valence-electron chi connectivity index (χ2n) is 3.84. The Kier molecular flexibility index (Phi) is 5.33. The van der Waals surface area contributed by atoms with Gasteiger partial charge in [-0.3, -0.25) is 4.79 Å². The molecule has 0 heterocycles. The molecule has 0 aliphatic rings. The summed E-state index contributed by atoms with van der Waals surface area (Å²) in [4.78, 5) is 11.9. The maximum atomic E-state index is 11.9. The van der Waals surface area contributed by atoms with E-state index in [-0.39, 0.29) is 11.3 Å². The van der Waals surface area contributed by atoms with Gasteiger partial charge in [-0.05, 0) is 31.4 Å². The SMILES string of the molecule is CCc1ccccc1C(=O)NCCC(C)Cl. The average Bonchev–Trinajstić information content (AvgIpc) is 2.28. The summed E-state index contributed by atoms with van der Waals surface area (Å²) in [5.74, 6) is -0.00485. The number of hydrogen-bond donors (Lipinski definition) is 1. The normalized spacial score (nSPS) is 12.2. The van der Waals surface area contributed by atoms with Crippen LogP contribution in [0.1, 0.15) is 36.2 Å². The lowest BCUT2D eigenvalue weighted by Crippen LogP contribution is -2.26. The molecule has 1 atom stereocenters. The van der Waals surface area contributed by atoms with Crippen molar-refractivity contribution in [2.45, 2.75) is 32.1 Å². The molecule has 1 aromatic carbocycles. The van der Waals surface area contributed by atoms with Crippen LogP contribution in [0.5, 0.6) is 0 Å². The molecule has 1 amide bonds. The van der Waals surface area contributed by atoms with Gasteiger partial charge in [0, 0.05) is 17.5 Å². The maximum absolute atomic E-state index is 11.9. The predicted molar refractivity (Wildman–Crippen MR) is 68.1 cm³/mol. The first-order valence-corrected chi connectivity index (χ1v) is 6.09. The molecule has 1 N–H and O–H groups in total. The summed E-state index contributed by atoms with van der Waals surface area (Å²) < 4.78 is 0. The quantitative estimate of drug-likeness (QED) is 0.787. The number of carbonyl (C=O) groups excluding carboxylic acids is 1. The molecule has 0 bridgehead atoms. The van der Waals surface area contributed by atoms with Crippen molar-refractivity contribution >= 4 is 17.5 Å². The first kappa shape index (κ1) is 13.0. The minimum Gasteiger partial charge on any atom is -0.352 e. The van der Waals surface area contributed by atoms with Crippen LogP contribution in [-0.4, -0.2) is 17.8 Å². The van der Waals surface area contributed by atoms with Crippen LogP contribution >= 0.6 is 11.6 Å². The van der Waals surface area contributed by atoms with Crippen LogP contribution in [0.15, 0.2) is 24.3 Å². The van der Waals surface area contributed by atoms with Crippen molar-refractivity contribution in [1.29, 1.82) is 0 Å². The third kappa shape index (κ3) is 3.86. The molecule has 0 aromatic heterocycles. The van der Waals surface area contributed by atoms with Gasteiger partial charge in [0.25, 0.3) is 5.91 Å². The lowest BCUT2D eigenvalue weighted by atomic mass is 10.0. The number of halogens is 1. The molecule has 16 heavy (non-hydrogen) atoms. The van der Waals surface area contributed by atoms with Crippen molar-refractivity contribution < 1.29 is 4.79 Å². The molecule has 88 valence electrons. The van der Waals surface area contributed by atoms with Crippen LogP contribution in [0.25, 0.3) is 0 Å². The Balaban J connectivity index is 2.59. The maximum Gasteiger partial charge on any atom is 0.251 e. The molecule has 0 aliphatic carbocycles. The van der Waals surface area contributed by atoms with Gasteiger partial charge in [0.05, 0.1) is 0 Å². The van der Waals surface area contributed by atoms with E-state index in [1.54, 1.807) is 0 Å². The van der Waals surface area contributed by atoms with Crippen LogP contribution in [0, 0.1) is 0 Å². The Labute approximate surface area is 102 Å². The Bertz CT molecular complexity index is 350. The predicted octanol–water partition coefficient (Wildman–Crippen LogP) is 3.00. The fourth-order valence-corrected chi connectivity index (χ4v) is 1.64. The fraction of sp³-hybridized carbons (Fsp3) is 0.462. The Morgan fingerprint density at radius 3 is 2.75 bits per heavy atom. The average molecular weight is 240 g/mol. The topological polar surface area (TPSA) is 29.1 Å². The monoisotopic (exact) mass is 239 g/mol. The number of amides is 1. The summed E-state index contributed by atoms with van der Waals surface area (Å²) in [6.07, 6.45) is 1.66. The Morgan fingerprint density at radius 2 is 2.12 bits per heavy atom. The van der Waals surface area contributed by atoms with E-state index in [2.05, 4.69) is 5.32 Å². The van der Waals surface area contributed by atoms with Crippen molar-refractivity contribution in [3.63, 3.8) is 0 Å². The third-order valence-corrected chi connectivity index (χ3v) is 2.69.